The lowest BCUT2D eigenvalue weighted by molar-refractivity contribution is -0.114. The van der Waals surface area contributed by atoms with Crippen LogP contribution in [-0.2, 0) is 4.79 Å². The van der Waals surface area contributed by atoms with Crippen molar-refractivity contribution in [2.45, 2.75) is 37.2 Å². The SMILES string of the molecule is CC(=O)Nc1nc(NC2CCN(SC(F)(F)F)CC2)c2cc(C(c3ccc(Cl)cc3)c3ccc(Cl)cc3)ccc2n1. The number of anilines is 2. The van der Waals surface area contributed by atoms with E-state index in [1.165, 1.54) is 11.2 Å². The molecule has 1 saturated heterocycles. The second-order valence-corrected chi connectivity index (χ2v) is 11.8. The molecule has 1 amide bonds. The summed E-state index contributed by atoms with van der Waals surface area (Å²) in [5, 5.41) is 8.07. The fourth-order valence-corrected chi connectivity index (χ4v) is 5.91. The molecule has 1 aliphatic rings. The molecule has 0 atom stereocenters. The smallest absolute Gasteiger partial charge is 0.367 e. The van der Waals surface area contributed by atoms with Gasteiger partial charge in [0.05, 0.1) is 5.52 Å². The Morgan fingerprint density at radius 1 is 0.927 bits per heavy atom. The standard InChI is InChI=1S/C29H26Cl2F3N5OS/c1-17(40)35-28-37-25-11-6-20(26(18-2-7-21(30)8-3-18)19-4-9-22(31)10-5-19)16-24(25)27(38-28)36-23-12-14-39(15-13-23)41-29(32,33)34/h2-11,16,23,26H,12-15H2,1H3,(H2,35,36,37,38,40). The molecule has 12 heteroatoms. The molecule has 1 aliphatic heterocycles. The first kappa shape index (κ1) is 29.4. The molecule has 3 aromatic carbocycles. The highest BCUT2D eigenvalue weighted by Crippen LogP contribution is 2.37. The zero-order chi connectivity index (χ0) is 29.1. The number of carbonyl (C=O) groups is 1. The number of rotatable bonds is 7. The van der Waals surface area contributed by atoms with Crippen LogP contribution in [0, 0.1) is 0 Å². The summed E-state index contributed by atoms with van der Waals surface area (Å²) in [6, 6.07) is 21.1. The normalized spacial score (nSPS) is 14.9. The van der Waals surface area contributed by atoms with Gasteiger partial charge in [-0.1, -0.05) is 53.5 Å². The number of nitrogens with one attached hydrogen (secondary N) is 2. The zero-order valence-corrected chi connectivity index (χ0v) is 24.2. The lowest BCUT2D eigenvalue weighted by Crippen LogP contribution is -2.37. The summed E-state index contributed by atoms with van der Waals surface area (Å²) in [6.07, 6.45) is 1.00. The van der Waals surface area contributed by atoms with E-state index in [0.717, 1.165) is 22.1 Å². The number of piperidine rings is 1. The van der Waals surface area contributed by atoms with Gasteiger partial charge in [0.15, 0.2) is 0 Å². The van der Waals surface area contributed by atoms with E-state index in [4.69, 9.17) is 23.2 Å². The Hall–Kier alpha value is -3.05. The number of amides is 1. The van der Waals surface area contributed by atoms with Crippen LogP contribution in [0.25, 0.3) is 10.9 Å². The Balaban J connectivity index is 1.53. The van der Waals surface area contributed by atoms with E-state index in [1.807, 2.05) is 66.7 Å². The van der Waals surface area contributed by atoms with Gasteiger partial charge in [-0.05, 0) is 65.9 Å². The Kier molecular flexibility index (Phi) is 8.94. The van der Waals surface area contributed by atoms with Crippen LogP contribution in [0.4, 0.5) is 24.9 Å². The predicted molar refractivity (Wildman–Crippen MR) is 160 cm³/mol. The van der Waals surface area contributed by atoms with Crippen LogP contribution in [-0.4, -0.2) is 44.8 Å². The lowest BCUT2D eigenvalue weighted by atomic mass is 9.84. The quantitative estimate of drug-likeness (QED) is 0.161. The summed E-state index contributed by atoms with van der Waals surface area (Å²) < 4.78 is 39.8. The van der Waals surface area contributed by atoms with Crippen LogP contribution >= 0.6 is 35.1 Å². The molecule has 1 aromatic heterocycles. The number of hydrogen-bond donors (Lipinski definition) is 2. The molecule has 41 heavy (non-hydrogen) atoms. The molecule has 0 aliphatic carbocycles. The van der Waals surface area contributed by atoms with Gasteiger partial charge in [-0.15, -0.1) is 0 Å². The fourth-order valence-electron chi connectivity index (χ4n) is 4.97. The first-order valence-corrected chi connectivity index (χ1v) is 14.4. The third-order valence-corrected chi connectivity index (χ3v) is 8.11. The number of halogens is 5. The molecule has 0 unspecified atom stereocenters. The second-order valence-electron chi connectivity index (χ2n) is 9.77. The van der Waals surface area contributed by atoms with Crippen LogP contribution < -0.4 is 10.6 Å². The highest BCUT2D eigenvalue weighted by molar-refractivity contribution is 7.97. The molecule has 2 heterocycles. The minimum Gasteiger partial charge on any atom is -0.367 e. The van der Waals surface area contributed by atoms with E-state index in [1.54, 1.807) is 0 Å². The van der Waals surface area contributed by atoms with Crippen molar-refractivity contribution in [3.63, 3.8) is 0 Å². The van der Waals surface area contributed by atoms with Gasteiger partial charge in [0.2, 0.25) is 11.9 Å². The van der Waals surface area contributed by atoms with E-state index >= 15 is 0 Å². The summed E-state index contributed by atoms with van der Waals surface area (Å²) in [6.45, 7) is 1.94. The zero-order valence-electron chi connectivity index (χ0n) is 21.9. The van der Waals surface area contributed by atoms with Gasteiger partial charge in [0, 0.05) is 59.4 Å². The van der Waals surface area contributed by atoms with E-state index in [2.05, 4.69) is 20.6 Å². The average molecular weight is 621 g/mol. The van der Waals surface area contributed by atoms with Gasteiger partial charge >= 0.3 is 5.51 Å². The van der Waals surface area contributed by atoms with Crippen molar-refractivity contribution in [1.29, 1.82) is 0 Å². The highest BCUT2D eigenvalue weighted by Gasteiger charge is 2.34. The number of hydrogen-bond acceptors (Lipinski definition) is 6. The van der Waals surface area contributed by atoms with Gasteiger partial charge in [0.25, 0.3) is 0 Å². The minimum absolute atomic E-state index is 0.0836. The summed E-state index contributed by atoms with van der Waals surface area (Å²) >= 11 is 12.3. The molecule has 4 aromatic rings. The van der Waals surface area contributed by atoms with Crippen molar-refractivity contribution in [2.24, 2.45) is 0 Å². The van der Waals surface area contributed by atoms with Gasteiger partial charge in [-0.3, -0.25) is 10.1 Å². The molecule has 2 N–H and O–H groups in total. The summed E-state index contributed by atoms with van der Waals surface area (Å²) in [7, 11) is 0. The van der Waals surface area contributed by atoms with Crippen molar-refractivity contribution >= 4 is 63.7 Å². The van der Waals surface area contributed by atoms with Crippen LogP contribution in [0.1, 0.15) is 42.4 Å². The van der Waals surface area contributed by atoms with Crippen molar-refractivity contribution in [1.82, 2.24) is 14.3 Å². The van der Waals surface area contributed by atoms with Crippen molar-refractivity contribution in [3.05, 3.63) is 93.5 Å². The number of carbonyl (C=O) groups excluding carboxylic acids is 1. The molecule has 214 valence electrons. The molecular formula is C29H26Cl2F3N5OS. The van der Waals surface area contributed by atoms with Gasteiger partial charge < -0.3 is 5.32 Å². The Bertz CT molecular complexity index is 1480. The summed E-state index contributed by atoms with van der Waals surface area (Å²) in [5.74, 6) is 0.195. The Morgan fingerprint density at radius 2 is 1.49 bits per heavy atom. The van der Waals surface area contributed by atoms with E-state index < -0.39 is 5.51 Å². The van der Waals surface area contributed by atoms with Crippen LogP contribution in [0.5, 0.6) is 0 Å². The molecule has 0 saturated carbocycles. The third kappa shape index (κ3) is 7.62. The average Bonchev–Trinajstić information content (AvgIpc) is 2.91. The number of fused-ring (bicyclic) bond motifs is 1. The first-order valence-electron chi connectivity index (χ1n) is 12.9. The summed E-state index contributed by atoms with van der Waals surface area (Å²) in [4.78, 5) is 20.9. The maximum absolute atomic E-state index is 12.8. The first-order chi connectivity index (χ1) is 19.5. The highest BCUT2D eigenvalue weighted by atomic mass is 35.5. The van der Waals surface area contributed by atoms with Crippen molar-refractivity contribution < 1.29 is 18.0 Å². The molecule has 0 radical (unpaired) electrons. The molecule has 6 nitrogen and oxygen atoms in total. The minimum atomic E-state index is -4.31. The molecule has 0 bridgehead atoms. The monoisotopic (exact) mass is 619 g/mol. The lowest BCUT2D eigenvalue weighted by Gasteiger charge is -2.32. The Morgan fingerprint density at radius 3 is 2.02 bits per heavy atom. The topological polar surface area (TPSA) is 70.2 Å². The van der Waals surface area contributed by atoms with Crippen molar-refractivity contribution in [3.8, 4) is 0 Å². The number of benzene rings is 3. The maximum atomic E-state index is 12.8. The number of nitrogens with zero attached hydrogens (tertiary/aromatic N) is 3. The molecular weight excluding hydrogens is 594 g/mol. The van der Waals surface area contributed by atoms with Gasteiger partial charge in [-0.25, -0.2) is 9.29 Å². The van der Waals surface area contributed by atoms with Crippen LogP contribution in [0.2, 0.25) is 10.0 Å². The van der Waals surface area contributed by atoms with Gasteiger partial charge in [0.1, 0.15) is 5.82 Å². The second kappa shape index (κ2) is 12.4. The largest absolute Gasteiger partial charge is 0.456 e. The van der Waals surface area contributed by atoms with E-state index in [0.29, 0.717) is 34.2 Å². The number of aromatic nitrogens is 2. The van der Waals surface area contributed by atoms with Crippen molar-refractivity contribution in [2.75, 3.05) is 23.7 Å². The van der Waals surface area contributed by atoms with Gasteiger partial charge in [-0.2, -0.15) is 18.2 Å². The molecule has 1 fully saturated rings. The fraction of sp³-hybridized carbons (Fsp3) is 0.276. The van der Waals surface area contributed by atoms with Crippen LogP contribution in [0.3, 0.4) is 0 Å². The van der Waals surface area contributed by atoms with E-state index in [-0.39, 0.29) is 48.9 Å². The third-order valence-electron chi connectivity index (χ3n) is 6.78. The Labute approximate surface area is 249 Å². The summed E-state index contributed by atoms with van der Waals surface area (Å²) in [5.41, 5.74) is -0.674. The predicted octanol–water partition coefficient (Wildman–Crippen LogP) is 8.12. The maximum Gasteiger partial charge on any atom is 0.456 e. The van der Waals surface area contributed by atoms with E-state index in [9.17, 15) is 18.0 Å². The molecule has 0 spiro atoms. The number of alkyl halides is 3. The van der Waals surface area contributed by atoms with Crippen LogP contribution in [0.15, 0.2) is 66.7 Å². The molecule has 5 rings (SSSR count).